The Morgan fingerprint density at radius 1 is 1.14 bits per heavy atom. The van der Waals surface area contributed by atoms with E-state index in [9.17, 15) is 23.2 Å². The van der Waals surface area contributed by atoms with Gasteiger partial charge in [-0.2, -0.15) is 18.4 Å². The molecule has 0 spiro atoms. The van der Waals surface area contributed by atoms with Crippen molar-refractivity contribution in [1.29, 1.82) is 5.26 Å². The summed E-state index contributed by atoms with van der Waals surface area (Å²) >= 11 is 0. The second-order valence-electron chi connectivity index (χ2n) is 9.47. The Balaban J connectivity index is 1.54. The number of rotatable bonds is 2. The molecule has 2 aromatic carbocycles. The molecule has 0 atom stereocenters. The standard InChI is InChI=1S/C26H23F3N4O2/c1-15-4-7-21-19(12-15)31-24(35-21)25(2)8-10-33(11-9-25)22-17-6-5-16(26(27,28)29)13-20(17)32(3)23(34)18(22)14-30/h4-7,12-13H,8-11H2,1-3H3. The summed E-state index contributed by atoms with van der Waals surface area (Å²) in [5.74, 6) is 0.641. The lowest BCUT2D eigenvalue weighted by molar-refractivity contribution is -0.137. The van der Waals surface area contributed by atoms with Gasteiger partial charge in [-0.25, -0.2) is 4.98 Å². The minimum absolute atomic E-state index is 0.0688. The van der Waals surface area contributed by atoms with Crippen molar-refractivity contribution in [3.63, 3.8) is 0 Å². The van der Waals surface area contributed by atoms with Gasteiger partial charge in [-0.05, 0) is 49.6 Å². The fourth-order valence-corrected chi connectivity index (χ4v) is 4.86. The second kappa shape index (κ2) is 7.87. The third-order valence-electron chi connectivity index (χ3n) is 7.05. The Hall–Kier alpha value is -3.80. The van der Waals surface area contributed by atoms with E-state index in [-0.39, 0.29) is 16.5 Å². The number of oxazole rings is 1. The van der Waals surface area contributed by atoms with E-state index >= 15 is 0 Å². The number of nitriles is 1. The van der Waals surface area contributed by atoms with E-state index in [2.05, 4.69) is 6.92 Å². The molecule has 1 aliphatic heterocycles. The monoisotopic (exact) mass is 480 g/mol. The lowest BCUT2D eigenvalue weighted by Gasteiger charge is -2.39. The van der Waals surface area contributed by atoms with E-state index in [1.165, 1.54) is 13.1 Å². The van der Waals surface area contributed by atoms with Crippen molar-refractivity contribution in [3.8, 4) is 6.07 Å². The van der Waals surface area contributed by atoms with Crippen LogP contribution in [0.3, 0.4) is 0 Å². The normalized spacial score (nSPS) is 16.1. The Morgan fingerprint density at radius 2 is 1.86 bits per heavy atom. The van der Waals surface area contributed by atoms with Crippen LogP contribution in [0.2, 0.25) is 0 Å². The smallest absolute Gasteiger partial charge is 0.416 e. The summed E-state index contributed by atoms with van der Waals surface area (Å²) in [7, 11) is 1.39. The molecule has 180 valence electrons. The van der Waals surface area contributed by atoms with Gasteiger partial charge in [0.25, 0.3) is 5.56 Å². The number of aryl methyl sites for hydroxylation is 2. The largest absolute Gasteiger partial charge is 0.440 e. The first-order valence-corrected chi connectivity index (χ1v) is 11.3. The number of nitrogens with zero attached hydrogens (tertiary/aromatic N) is 4. The van der Waals surface area contributed by atoms with E-state index in [0.29, 0.717) is 42.9 Å². The van der Waals surface area contributed by atoms with Crippen molar-refractivity contribution >= 4 is 27.7 Å². The summed E-state index contributed by atoms with van der Waals surface area (Å²) in [4.78, 5) is 19.6. The van der Waals surface area contributed by atoms with Crippen LogP contribution in [0.1, 0.15) is 42.3 Å². The molecule has 1 fully saturated rings. The van der Waals surface area contributed by atoms with Gasteiger partial charge in [-0.3, -0.25) is 4.79 Å². The molecule has 6 nitrogen and oxygen atoms in total. The lowest BCUT2D eigenvalue weighted by atomic mass is 9.80. The highest BCUT2D eigenvalue weighted by molar-refractivity contribution is 5.95. The molecule has 2 aromatic heterocycles. The van der Waals surface area contributed by atoms with Crippen molar-refractivity contribution in [2.45, 2.75) is 38.3 Å². The number of aromatic nitrogens is 2. The summed E-state index contributed by atoms with van der Waals surface area (Å²) in [5.41, 5.74) is 1.26. The highest BCUT2D eigenvalue weighted by Crippen LogP contribution is 2.40. The molecule has 0 radical (unpaired) electrons. The van der Waals surface area contributed by atoms with Crippen LogP contribution in [0.25, 0.3) is 22.0 Å². The molecule has 3 heterocycles. The summed E-state index contributed by atoms with van der Waals surface area (Å²) < 4.78 is 47.2. The predicted molar refractivity (Wildman–Crippen MR) is 126 cm³/mol. The van der Waals surface area contributed by atoms with Gasteiger partial charge in [0.1, 0.15) is 17.1 Å². The van der Waals surface area contributed by atoms with Gasteiger partial charge in [0, 0.05) is 30.9 Å². The van der Waals surface area contributed by atoms with Gasteiger partial charge >= 0.3 is 6.18 Å². The van der Waals surface area contributed by atoms with Gasteiger partial charge in [0.2, 0.25) is 5.89 Å². The van der Waals surface area contributed by atoms with Crippen LogP contribution in [-0.2, 0) is 18.6 Å². The number of pyridine rings is 1. The summed E-state index contributed by atoms with van der Waals surface area (Å²) in [6, 6.07) is 11.1. The first-order valence-electron chi connectivity index (χ1n) is 11.3. The lowest BCUT2D eigenvalue weighted by Crippen LogP contribution is -2.42. The quantitative estimate of drug-likeness (QED) is 0.382. The van der Waals surface area contributed by atoms with Crippen molar-refractivity contribution in [3.05, 3.63) is 69.3 Å². The summed E-state index contributed by atoms with van der Waals surface area (Å²) in [6.07, 6.45) is -3.26. The highest BCUT2D eigenvalue weighted by Gasteiger charge is 2.38. The topological polar surface area (TPSA) is 75.1 Å². The zero-order valence-electron chi connectivity index (χ0n) is 19.5. The maximum absolute atomic E-state index is 13.3. The molecular weight excluding hydrogens is 457 g/mol. The number of hydrogen-bond donors (Lipinski definition) is 0. The molecule has 9 heteroatoms. The van der Waals surface area contributed by atoms with E-state index in [4.69, 9.17) is 9.40 Å². The zero-order valence-corrected chi connectivity index (χ0v) is 19.5. The molecule has 0 N–H and O–H groups in total. The van der Waals surface area contributed by atoms with Crippen molar-refractivity contribution in [2.24, 2.45) is 7.05 Å². The van der Waals surface area contributed by atoms with Crippen LogP contribution in [0, 0.1) is 18.3 Å². The number of piperidine rings is 1. The van der Waals surface area contributed by atoms with Gasteiger partial charge in [-0.1, -0.05) is 19.1 Å². The fourth-order valence-electron chi connectivity index (χ4n) is 4.86. The Morgan fingerprint density at radius 3 is 2.51 bits per heavy atom. The van der Waals surface area contributed by atoms with Crippen LogP contribution in [0.15, 0.2) is 45.6 Å². The fraction of sp³-hybridized carbons (Fsp3) is 0.346. The van der Waals surface area contributed by atoms with Crippen LogP contribution in [0.4, 0.5) is 18.9 Å². The van der Waals surface area contributed by atoms with Gasteiger partial charge < -0.3 is 13.9 Å². The van der Waals surface area contributed by atoms with E-state index in [1.807, 2.05) is 36.1 Å². The maximum Gasteiger partial charge on any atom is 0.416 e. The molecular formula is C26H23F3N4O2. The van der Waals surface area contributed by atoms with Crippen molar-refractivity contribution < 1.29 is 17.6 Å². The minimum Gasteiger partial charge on any atom is -0.440 e. The Bertz CT molecular complexity index is 1570. The molecule has 1 aliphatic rings. The molecule has 0 bridgehead atoms. The first kappa shape index (κ1) is 23.0. The minimum atomic E-state index is -4.54. The van der Waals surface area contributed by atoms with Crippen LogP contribution in [-0.4, -0.2) is 22.6 Å². The Kier molecular flexibility index (Phi) is 5.16. The van der Waals surface area contributed by atoms with Crippen LogP contribution >= 0.6 is 0 Å². The van der Waals surface area contributed by atoms with E-state index in [1.54, 1.807) is 0 Å². The predicted octanol–water partition coefficient (Wildman–Crippen LogP) is 5.44. The summed E-state index contributed by atoms with van der Waals surface area (Å²) in [6.45, 7) is 5.05. The molecule has 4 aromatic rings. The molecule has 35 heavy (non-hydrogen) atoms. The number of anilines is 1. The third kappa shape index (κ3) is 3.73. The van der Waals surface area contributed by atoms with Crippen LogP contribution in [0.5, 0.6) is 0 Å². The number of halogens is 3. The SMILES string of the molecule is Cc1ccc2oc(C3(C)CCN(c4c(C#N)c(=O)n(C)c5cc(C(F)(F)F)ccc45)CC3)nc2c1. The molecule has 0 amide bonds. The van der Waals surface area contributed by atoms with Crippen LogP contribution < -0.4 is 10.5 Å². The molecule has 1 saturated heterocycles. The van der Waals surface area contributed by atoms with Gasteiger partial charge in [0.05, 0.1) is 16.8 Å². The van der Waals surface area contributed by atoms with E-state index < -0.39 is 17.3 Å². The Labute approximate surface area is 199 Å². The average molecular weight is 480 g/mol. The number of fused-ring (bicyclic) bond motifs is 2. The number of alkyl halides is 3. The van der Waals surface area contributed by atoms with Gasteiger partial charge in [0.15, 0.2) is 5.58 Å². The van der Waals surface area contributed by atoms with Crippen molar-refractivity contribution in [1.82, 2.24) is 9.55 Å². The first-order chi connectivity index (χ1) is 16.5. The molecule has 5 rings (SSSR count). The number of benzene rings is 2. The average Bonchev–Trinajstić information content (AvgIpc) is 3.25. The summed E-state index contributed by atoms with van der Waals surface area (Å²) in [5, 5.41) is 10.2. The third-order valence-corrected chi connectivity index (χ3v) is 7.05. The second-order valence-corrected chi connectivity index (χ2v) is 9.47. The number of hydrogen-bond acceptors (Lipinski definition) is 5. The highest BCUT2D eigenvalue weighted by atomic mass is 19.4. The van der Waals surface area contributed by atoms with Crippen molar-refractivity contribution in [2.75, 3.05) is 18.0 Å². The molecule has 0 saturated carbocycles. The van der Waals surface area contributed by atoms with E-state index in [0.717, 1.165) is 33.4 Å². The molecule has 0 unspecified atom stereocenters. The maximum atomic E-state index is 13.3. The molecule has 0 aliphatic carbocycles. The van der Waals surface area contributed by atoms with Gasteiger partial charge in [-0.15, -0.1) is 0 Å². The zero-order chi connectivity index (χ0) is 25.1.